The van der Waals surface area contributed by atoms with Gasteiger partial charge in [0.2, 0.25) is 10.0 Å². The maximum atomic E-state index is 12.9. The van der Waals surface area contributed by atoms with E-state index in [4.69, 9.17) is 21.1 Å². The number of halogens is 4. The third kappa shape index (κ3) is 4.90. The number of sulfonamides is 1. The summed E-state index contributed by atoms with van der Waals surface area (Å²) < 4.78 is 75.8. The van der Waals surface area contributed by atoms with Crippen LogP contribution in [0.2, 0.25) is 5.02 Å². The lowest BCUT2D eigenvalue weighted by Gasteiger charge is -2.31. The number of hydrogen-bond donors (Lipinski definition) is 0. The number of rotatable bonds is 5. The second-order valence-electron chi connectivity index (χ2n) is 6.26. The van der Waals surface area contributed by atoms with Crippen molar-refractivity contribution in [2.75, 3.05) is 20.2 Å². The molecular weight excluding hydrogens is 435 g/mol. The number of ether oxygens (including phenoxy) is 2. The molecule has 2 aromatic rings. The fourth-order valence-corrected chi connectivity index (χ4v) is 4.74. The lowest BCUT2D eigenvalue weighted by molar-refractivity contribution is -0.141. The van der Waals surface area contributed by atoms with E-state index < -0.39 is 34.0 Å². The standard InChI is InChI=1S/C17H17ClF3N3O4S/c1-27-14-5-4-12(9-13(14)18)29(25,26)24-8-2-3-11(10-24)28-16-22-7-6-15(23-16)17(19,20)21/h4-7,9,11H,2-3,8,10H2,1H3. The van der Waals surface area contributed by atoms with Crippen LogP contribution in [0.5, 0.6) is 11.8 Å². The number of piperidine rings is 1. The van der Waals surface area contributed by atoms with Crippen molar-refractivity contribution in [2.24, 2.45) is 0 Å². The Kier molecular flexibility index (Phi) is 6.20. The molecule has 7 nitrogen and oxygen atoms in total. The minimum Gasteiger partial charge on any atom is -0.495 e. The smallest absolute Gasteiger partial charge is 0.433 e. The molecule has 0 spiro atoms. The minimum atomic E-state index is -4.63. The molecular formula is C17H17ClF3N3O4S. The van der Waals surface area contributed by atoms with Gasteiger partial charge in [-0.05, 0) is 37.1 Å². The Balaban J connectivity index is 1.76. The van der Waals surface area contributed by atoms with Crippen molar-refractivity contribution in [3.05, 3.63) is 41.2 Å². The average Bonchev–Trinajstić information content (AvgIpc) is 2.67. The summed E-state index contributed by atoms with van der Waals surface area (Å²) >= 11 is 6.02. The molecule has 0 radical (unpaired) electrons. The first-order valence-electron chi connectivity index (χ1n) is 8.52. The van der Waals surface area contributed by atoms with Crippen LogP contribution in [0.25, 0.3) is 0 Å². The fraction of sp³-hybridized carbons (Fsp3) is 0.412. The summed E-state index contributed by atoms with van der Waals surface area (Å²) in [6.07, 6.45) is -3.45. The molecule has 0 amide bonds. The van der Waals surface area contributed by atoms with Crippen molar-refractivity contribution < 1.29 is 31.1 Å². The van der Waals surface area contributed by atoms with Gasteiger partial charge in [0.1, 0.15) is 11.9 Å². The minimum absolute atomic E-state index is 0.0146. The molecule has 29 heavy (non-hydrogen) atoms. The molecule has 0 N–H and O–H groups in total. The molecule has 1 unspecified atom stereocenters. The number of methoxy groups -OCH3 is 1. The fourth-order valence-electron chi connectivity index (χ4n) is 2.88. The predicted octanol–water partition coefficient (Wildman–Crippen LogP) is 3.39. The van der Waals surface area contributed by atoms with Crippen LogP contribution in [0.4, 0.5) is 13.2 Å². The van der Waals surface area contributed by atoms with Crippen LogP contribution in [0.3, 0.4) is 0 Å². The molecule has 1 saturated heterocycles. The van der Waals surface area contributed by atoms with E-state index in [1.54, 1.807) is 0 Å². The molecule has 0 saturated carbocycles. The average molecular weight is 452 g/mol. The Morgan fingerprint density at radius 1 is 1.28 bits per heavy atom. The van der Waals surface area contributed by atoms with Crippen molar-refractivity contribution in [2.45, 2.75) is 30.0 Å². The normalized spacial score (nSPS) is 18.4. The van der Waals surface area contributed by atoms with Crippen LogP contribution in [0.1, 0.15) is 18.5 Å². The number of alkyl halides is 3. The van der Waals surface area contributed by atoms with Crippen LogP contribution in [0.15, 0.2) is 35.4 Å². The summed E-state index contributed by atoms with van der Waals surface area (Å²) in [6, 6.07) is 4.40. The first-order valence-corrected chi connectivity index (χ1v) is 10.3. The second kappa shape index (κ2) is 8.33. The van der Waals surface area contributed by atoms with Gasteiger partial charge in [-0.1, -0.05) is 11.6 Å². The van der Waals surface area contributed by atoms with Crippen LogP contribution < -0.4 is 9.47 Å². The highest BCUT2D eigenvalue weighted by molar-refractivity contribution is 7.89. The molecule has 1 aromatic carbocycles. The summed E-state index contributed by atoms with van der Waals surface area (Å²) in [5.74, 6) is 0.340. The van der Waals surface area contributed by atoms with Gasteiger partial charge in [0, 0.05) is 12.7 Å². The Morgan fingerprint density at radius 3 is 2.69 bits per heavy atom. The number of hydrogen-bond acceptors (Lipinski definition) is 6. The van der Waals surface area contributed by atoms with Gasteiger partial charge < -0.3 is 9.47 Å². The van der Waals surface area contributed by atoms with Crippen LogP contribution in [-0.2, 0) is 16.2 Å². The first-order chi connectivity index (χ1) is 13.6. The highest BCUT2D eigenvalue weighted by atomic mass is 35.5. The molecule has 1 aliphatic heterocycles. The van der Waals surface area contributed by atoms with Crippen molar-refractivity contribution in [3.63, 3.8) is 0 Å². The SMILES string of the molecule is COc1ccc(S(=O)(=O)N2CCCC(Oc3nccc(C(F)(F)F)n3)C2)cc1Cl. The Hall–Kier alpha value is -2.11. The van der Waals surface area contributed by atoms with Crippen LogP contribution in [-0.4, -0.2) is 49.0 Å². The predicted molar refractivity (Wildman–Crippen MR) is 97.4 cm³/mol. The molecule has 1 aromatic heterocycles. The molecule has 1 atom stereocenters. The largest absolute Gasteiger partial charge is 0.495 e. The summed E-state index contributed by atoms with van der Waals surface area (Å²) in [5, 5.41) is 0.149. The van der Waals surface area contributed by atoms with Gasteiger partial charge in [-0.2, -0.15) is 22.5 Å². The van der Waals surface area contributed by atoms with E-state index in [1.807, 2.05) is 0 Å². The van der Waals surface area contributed by atoms with Gasteiger partial charge in [0.15, 0.2) is 5.69 Å². The van der Waals surface area contributed by atoms with E-state index in [9.17, 15) is 21.6 Å². The molecule has 0 bridgehead atoms. The lowest BCUT2D eigenvalue weighted by Crippen LogP contribution is -2.44. The number of benzene rings is 1. The molecule has 2 heterocycles. The zero-order valence-electron chi connectivity index (χ0n) is 15.2. The third-order valence-electron chi connectivity index (χ3n) is 4.30. The maximum Gasteiger partial charge on any atom is 0.433 e. The van der Waals surface area contributed by atoms with E-state index in [0.29, 0.717) is 18.6 Å². The zero-order valence-corrected chi connectivity index (χ0v) is 16.8. The summed E-state index contributed by atoms with van der Waals surface area (Å²) in [4.78, 5) is 7.03. The molecule has 0 aliphatic carbocycles. The molecule has 12 heteroatoms. The quantitative estimate of drug-likeness (QED) is 0.693. The van der Waals surface area contributed by atoms with Crippen molar-refractivity contribution in [1.82, 2.24) is 14.3 Å². The van der Waals surface area contributed by atoms with E-state index in [0.717, 1.165) is 12.3 Å². The summed E-state index contributed by atoms with van der Waals surface area (Å²) in [6.45, 7) is 0.195. The highest BCUT2D eigenvalue weighted by Gasteiger charge is 2.34. The van der Waals surface area contributed by atoms with Gasteiger partial charge >= 0.3 is 12.2 Å². The first kappa shape index (κ1) is 21.6. The van der Waals surface area contributed by atoms with Crippen LogP contribution in [0, 0.1) is 0 Å². The van der Waals surface area contributed by atoms with Gasteiger partial charge in [-0.3, -0.25) is 0 Å². The second-order valence-corrected chi connectivity index (χ2v) is 8.61. The van der Waals surface area contributed by atoms with Gasteiger partial charge in [-0.15, -0.1) is 0 Å². The van der Waals surface area contributed by atoms with Crippen molar-refractivity contribution in [1.29, 1.82) is 0 Å². The van der Waals surface area contributed by atoms with Gasteiger partial charge in [-0.25, -0.2) is 13.4 Å². The molecule has 1 fully saturated rings. The maximum absolute atomic E-state index is 12.9. The monoisotopic (exact) mass is 451 g/mol. The topological polar surface area (TPSA) is 81.6 Å². The van der Waals surface area contributed by atoms with E-state index >= 15 is 0 Å². The van der Waals surface area contributed by atoms with Crippen molar-refractivity contribution in [3.8, 4) is 11.8 Å². The van der Waals surface area contributed by atoms with E-state index in [2.05, 4.69) is 9.97 Å². The van der Waals surface area contributed by atoms with Gasteiger partial charge in [0.25, 0.3) is 0 Å². The number of aromatic nitrogens is 2. The molecule has 158 valence electrons. The van der Waals surface area contributed by atoms with Crippen molar-refractivity contribution >= 4 is 21.6 Å². The summed E-state index contributed by atoms with van der Waals surface area (Å²) in [7, 11) is -2.46. The van der Waals surface area contributed by atoms with E-state index in [1.165, 1.54) is 29.6 Å². The third-order valence-corrected chi connectivity index (χ3v) is 6.45. The Morgan fingerprint density at radius 2 is 2.03 bits per heavy atom. The van der Waals surface area contributed by atoms with Crippen LogP contribution >= 0.6 is 11.6 Å². The number of nitrogens with zero attached hydrogens (tertiary/aromatic N) is 3. The Labute approximate surface area is 170 Å². The zero-order chi connectivity index (χ0) is 21.2. The van der Waals surface area contributed by atoms with Gasteiger partial charge in [0.05, 0.1) is 23.6 Å². The van der Waals surface area contributed by atoms with E-state index in [-0.39, 0.29) is 23.0 Å². The molecule has 1 aliphatic rings. The Bertz CT molecular complexity index is 988. The highest BCUT2D eigenvalue weighted by Crippen LogP contribution is 2.31. The molecule has 3 rings (SSSR count). The summed E-state index contributed by atoms with van der Waals surface area (Å²) in [5.41, 5.74) is -1.13. The lowest BCUT2D eigenvalue weighted by atomic mass is 10.1.